The second-order valence-corrected chi connectivity index (χ2v) is 7.65. The van der Waals surface area contributed by atoms with Crippen molar-refractivity contribution < 1.29 is 14.0 Å². The van der Waals surface area contributed by atoms with Crippen LogP contribution in [-0.4, -0.2) is 48.9 Å². The van der Waals surface area contributed by atoms with Gasteiger partial charge in [-0.05, 0) is 48.9 Å². The molecule has 0 unspecified atom stereocenters. The fourth-order valence-corrected chi connectivity index (χ4v) is 4.13. The van der Waals surface area contributed by atoms with E-state index < -0.39 is 11.9 Å². The lowest BCUT2D eigenvalue weighted by Crippen LogP contribution is -2.52. The Bertz CT molecular complexity index is 910. The second-order valence-electron chi connectivity index (χ2n) is 7.22. The molecule has 2 aliphatic rings. The van der Waals surface area contributed by atoms with Gasteiger partial charge in [0.15, 0.2) is 0 Å². The van der Waals surface area contributed by atoms with E-state index in [1.54, 1.807) is 0 Å². The molecule has 0 saturated carbocycles. The molecule has 2 aromatic carbocycles. The Labute approximate surface area is 168 Å². The zero-order valence-corrected chi connectivity index (χ0v) is 16.3. The SMILES string of the molecule is Cc1ccc(Cl)cc1N1CCN([C@@H]2CC(=O)N(c3ccc(F)cc3)C2=O)CC1. The van der Waals surface area contributed by atoms with Crippen molar-refractivity contribution in [3.8, 4) is 0 Å². The number of carbonyl (C=O) groups is 2. The van der Waals surface area contributed by atoms with Gasteiger partial charge in [-0.25, -0.2) is 9.29 Å². The number of imide groups is 1. The average Bonchev–Trinajstić information content (AvgIpc) is 2.99. The van der Waals surface area contributed by atoms with Crippen LogP contribution in [0.4, 0.5) is 15.8 Å². The topological polar surface area (TPSA) is 43.9 Å². The van der Waals surface area contributed by atoms with Gasteiger partial charge in [0.25, 0.3) is 5.91 Å². The summed E-state index contributed by atoms with van der Waals surface area (Å²) < 4.78 is 13.2. The first-order valence-electron chi connectivity index (χ1n) is 9.31. The third kappa shape index (κ3) is 3.50. The number of carbonyl (C=O) groups excluding carboxylic acids is 2. The molecule has 2 saturated heterocycles. The van der Waals surface area contributed by atoms with Gasteiger partial charge in [-0.2, -0.15) is 0 Å². The quantitative estimate of drug-likeness (QED) is 0.741. The molecule has 4 rings (SSSR count). The zero-order chi connectivity index (χ0) is 19.8. The van der Waals surface area contributed by atoms with Crippen LogP contribution in [-0.2, 0) is 9.59 Å². The highest BCUT2D eigenvalue weighted by atomic mass is 35.5. The summed E-state index contributed by atoms with van der Waals surface area (Å²) in [5, 5.41) is 0.703. The number of piperazine rings is 1. The lowest BCUT2D eigenvalue weighted by molar-refractivity contribution is -0.123. The van der Waals surface area contributed by atoms with Crippen LogP contribution in [0.1, 0.15) is 12.0 Å². The largest absolute Gasteiger partial charge is 0.369 e. The summed E-state index contributed by atoms with van der Waals surface area (Å²) in [5.74, 6) is -0.870. The summed E-state index contributed by atoms with van der Waals surface area (Å²) in [7, 11) is 0. The minimum absolute atomic E-state index is 0.159. The van der Waals surface area contributed by atoms with Crippen molar-refractivity contribution in [2.24, 2.45) is 0 Å². The predicted octanol–water partition coefficient (Wildman–Crippen LogP) is 3.24. The van der Waals surface area contributed by atoms with Crippen LogP contribution in [0.5, 0.6) is 0 Å². The molecule has 2 heterocycles. The van der Waals surface area contributed by atoms with E-state index in [0.717, 1.165) is 24.3 Å². The van der Waals surface area contributed by atoms with Gasteiger partial charge >= 0.3 is 0 Å². The van der Waals surface area contributed by atoms with Crippen LogP contribution >= 0.6 is 11.6 Å². The predicted molar refractivity (Wildman–Crippen MR) is 107 cm³/mol. The molecule has 0 N–H and O–H groups in total. The van der Waals surface area contributed by atoms with Crippen molar-refractivity contribution in [2.45, 2.75) is 19.4 Å². The van der Waals surface area contributed by atoms with Crippen molar-refractivity contribution in [1.82, 2.24) is 4.90 Å². The maximum atomic E-state index is 13.2. The molecule has 0 spiro atoms. The molecule has 5 nitrogen and oxygen atoms in total. The van der Waals surface area contributed by atoms with Crippen molar-refractivity contribution in [3.05, 3.63) is 58.9 Å². The van der Waals surface area contributed by atoms with E-state index in [0.29, 0.717) is 23.8 Å². The van der Waals surface area contributed by atoms with E-state index in [1.165, 1.54) is 29.2 Å². The standard InChI is InChI=1S/C21H21ClFN3O2/c1-14-2-3-15(22)12-18(14)24-8-10-25(11-9-24)19-13-20(27)26(21(19)28)17-6-4-16(23)5-7-17/h2-7,12,19H,8-11,13H2,1H3/t19-/m1/s1. The van der Waals surface area contributed by atoms with E-state index >= 15 is 0 Å². The highest BCUT2D eigenvalue weighted by Crippen LogP contribution is 2.29. The smallest absolute Gasteiger partial charge is 0.251 e. The number of aryl methyl sites for hydroxylation is 1. The van der Waals surface area contributed by atoms with Gasteiger partial charge in [0.05, 0.1) is 18.2 Å². The molecule has 0 radical (unpaired) electrons. The molecule has 1 atom stereocenters. The summed E-state index contributed by atoms with van der Waals surface area (Å²) in [6, 6.07) is 10.8. The lowest BCUT2D eigenvalue weighted by Gasteiger charge is -2.38. The van der Waals surface area contributed by atoms with Crippen LogP contribution in [0.25, 0.3) is 0 Å². The molecule has 0 aromatic heterocycles. The summed E-state index contributed by atoms with van der Waals surface area (Å²) in [4.78, 5) is 30.8. The molecule has 28 heavy (non-hydrogen) atoms. The van der Waals surface area contributed by atoms with E-state index in [2.05, 4.69) is 16.7 Å². The minimum Gasteiger partial charge on any atom is -0.369 e. The summed E-state index contributed by atoms with van der Waals surface area (Å²) in [5.41, 5.74) is 2.69. The second kappa shape index (κ2) is 7.53. The summed E-state index contributed by atoms with van der Waals surface area (Å²) >= 11 is 6.14. The Kier molecular flexibility index (Phi) is 5.08. The van der Waals surface area contributed by atoms with Gasteiger partial charge in [-0.3, -0.25) is 14.5 Å². The van der Waals surface area contributed by atoms with Crippen molar-refractivity contribution >= 4 is 34.8 Å². The minimum atomic E-state index is -0.458. The molecule has 2 aliphatic heterocycles. The number of rotatable bonds is 3. The van der Waals surface area contributed by atoms with Crippen LogP contribution < -0.4 is 9.80 Å². The van der Waals surface area contributed by atoms with Crippen molar-refractivity contribution in [2.75, 3.05) is 36.0 Å². The molecule has 2 aromatic rings. The van der Waals surface area contributed by atoms with Gasteiger partial charge < -0.3 is 4.90 Å². The monoisotopic (exact) mass is 401 g/mol. The first kappa shape index (κ1) is 18.9. The molecular formula is C21H21ClFN3O2. The Morgan fingerprint density at radius 1 is 1.00 bits per heavy atom. The fourth-order valence-electron chi connectivity index (χ4n) is 3.96. The Morgan fingerprint density at radius 2 is 1.68 bits per heavy atom. The molecular weight excluding hydrogens is 381 g/mol. The maximum Gasteiger partial charge on any atom is 0.251 e. The number of nitrogens with zero attached hydrogens (tertiary/aromatic N) is 3. The number of benzene rings is 2. The molecule has 7 heteroatoms. The van der Waals surface area contributed by atoms with Crippen LogP contribution in [0, 0.1) is 12.7 Å². The van der Waals surface area contributed by atoms with E-state index in [9.17, 15) is 14.0 Å². The summed E-state index contributed by atoms with van der Waals surface area (Å²) in [6.07, 6.45) is 0.159. The van der Waals surface area contributed by atoms with E-state index in [-0.39, 0.29) is 18.2 Å². The fraction of sp³-hybridized carbons (Fsp3) is 0.333. The lowest BCUT2D eigenvalue weighted by atomic mass is 10.1. The zero-order valence-electron chi connectivity index (χ0n) is 15.6. The van der Waals surface area contributed by atoms with Crippen LogP contribution in [0.3, 0.4) is 0 Å². The molecule has 146 valence electrons. The van der Waals surface area contributed by atoms with Gasteiger partial charge in [0.1, 0.15) is 5.82 Å². The highest BCUT2D eigenvalue weighted by Gasteiger charge is 2.43. The number of amides is 2. The van der Waals surface area contributed by atoms with E-state index in [1.807, 2.05) is 18.2 Å². The Balaban J connectivity index is 1.45. The first-order valence-corrected chi connectivity index (χ1v) is 9.69. The average molecular weight is 402 g/mol. The van der Waals surface area contributed by atoms with Crippen LogP contribution in [0.15, 0.2) is 42.5 Å². The number of hydrogen-bond acceptors (Lipinski definition) is 4. The Morgan fingerprint density at radius 3 is 2.36 bits per heavy atom. The number of hydrogen-bond donors (Lipinski definition) is 0. The molecule has 0 aliphatic carbocycles. The van der Waals surface area contributed by atoms with Gasteiger partial charge in [0.2, 0.25) is 5.91 Å². The number of halogens is 2. The van der Waals surface area contributed by atoms with Crippen molar-refractivity contribution in [3.63, 3.8) is 0 Å². The van der Waals surface area contributed by atoms with Crippen LogP contribution in [0.2, 0.25) is 5.02 Å². The third-order valence-electron chi connectivity index (χ3n) is 5.47. The van der Waals surface area contributed by atoms with Gasteiger partial charge in [0, 0.05) is 36.9 Å². The first-order chi connectivity index (χ1) is 13.4. The third-order valence-corrected chi connectivity index (χ3v) is 5.71. The van der Waals surface area contributed by atoms with E-state index in [4.69, 9.17) is 11.6 Å². The molecule has 2 amide bonds. The maximum absolute atomic E-state index is 13.2. The summed E-state index contributed by atoms with van der Waals surface area (Å²) in [6.45, 7) is 4.95. The number of anilines is 2. The normalized spacial score (nSPS) is 20.9. The Hall–Kier alpha value is -2.44. The highest BCUT2D eigenvalue weighted by molar-refractivity contribution is 6.30. The van der Waals surface area contributed by atoms with Gasteiger partial charge in [-0.1, -0.05) is 17.7 Å². The van der Waals surface area contributed by atoms with Gasteiger partial charge in [-0.15, -0.1) is 0 Å². The molecule has 0 bridgehead atoms. The molecule has 2 fully saturated rings. The van der Waals surface area contributed by atoms with Crippen molar-refractivity contribution in [1.29, 1.82) is 0 Å².